The monoisotopic (exact) mass is 435 g/mol. The highest BCUT2D eigenvalue weighted by Crippen LogP contribution is 2.35. The molecule has 2 aliphatic rings. The van der Waals surface area contributed by atoms with Gasteiger partial charge in [0.1, 0.15) is 18.0 Å². The van der Waals surface area contributed by atoms with E-state index in [2.05, 4.69) is 25.4 Å². The van der Waals surface area contributed by atoms with Gasteiger partial charge in [0.2, 0.25) is 0 Å². The van der Waals surface area contributed by atoms with Crippen LogP contribution in [-0.4, -0.2) is 67.1 Å². The molecule has 0 saturated carbocycles. The fourth-order valence-corrected chi connectivity index (χ4v) is 3.94. The van der Waals surface area contributed by atoms with Gasteiger partial charge in [-0.05, 0) is 19.1 Å². The first-order chi connectivity index (χ1) is 14.5. The van der Waals surface area contributed by atoms with E-state index in [1.165, 1.54) is 0 Å². The summed E-state index contributed by atoms with van der Waals surface area (Å²) in [4.78, 5) is 11.9. The molecule has 30 heavy (non-hydrogen) atoms. The van der Waals surface area contributed by atoms with Crippen LogP contribution in [0.5, 0.6) is 6.01 Å². The van der Waals surface area contributed by atoms with Crippen LogP contribution in [0.1, 0.15) is 12.6 Å². The smallest absolute Gasteiger partial charge is 0.296 e. The van der Waals surface area contributed by atoms with Crippen LogP contribution in [-0.2, 0) is 22.6 Å². The second-order valence-electron chi connectivity index (χ2n) is 7.34. The van der Waals surface area contributed by atoms with E-state index in [4.69, 9.17) is 31.5 Å². The van der Waals surface area contributed by atoms with Gasteiger partial charge < -0.3 is 29.6 Å². The fourth-order valence-electron chi connectivity index (χ4n) is 3.72. The number of hydrogen-bond donors (Lipinski definition) is 4. The van der Waals surface area contributed by atoms with E-state index < -0.39 is 24.0 Å². The molecule has 5 N–H and O–H groups in total. The number of H-pyrrole nitrogens is 1. The highest BCUT2D eigenvalue weighted by molar-refractivity contribution is 6.33. The van der Waals surface area contributed by atoms with Gasteiger partial charge in [0.05, 0.1) is 36.0 Å². The number of fused-ring (bicyclic) bond motifs is 2. The lowest BCUT2D eigenvalue weighted by Crippen LogP contribution is -2.57. The van der Waals surface area contributed by atoms with E-state index >= 15 is 0 Å². The molecule has 0 unspecified atom stereocenters. The molecule has 3 aromatic rings. The first kappa shape index (κ1) is 19.5. The normalized spacial score (nSPS) is 28.2. The molecule has 5 heterocycles. The minimum atomic E-state index is -1.22. The summed E-state index contributed by atoms with van der Waals surface area (Å²) in [6, 6.07) is 3.88. The summed E-state index contributed by atoms with van der Waals surface area (Å²) in [5.41, 5.74) is 6.97. The van der Waals surface area contributed by atoms with Crippen LogP contribution in [0.2, 0.25) is 5.02 Å². The first-order valence-corrected chi connectivity index (χ1v) is 10.1. The summed E-state index contributed by atoms with van der Waals surface area (Å²) in [6.45, 7) is 3.60. The van der Waals surface area contributed by atoms with Crippen LogP contribution in [0, 0.1) is 0 Å². The Morgan fingerprint density at radius 3 is 3.13 bits per heavy atom. The molecule has 5 rings (SSSR count). The highest BCUT2D eigenvalue weighted by Gasteiger charge is 2.59. The summed E-state index contributed by atoms with van der Waals surface area (Å²) in [6.07, 6.45) is -0.119. The van der Waals surface area contributed by atoms with Crippen molar-refractivity contribution in [2.24, 2.45) is 5.73 Å². The molecule has 2 aliphatic heterocycles. The van der Waals surface area contributed by atoms with E-state index in [9.17, 15) is 5.11 Å². The summed E-state index contributed by atoms with van der Waals surface area (Å²) < 4.78 is 18.8. The number of nitrogens with zero attached hydrogens (tertiary/aromatic N) is 4. The summed E-state index contributed by atoms with van der Waals surface area (Å²) in [5.74, 6) is 0.495. The van der Waals surface area contributed by atoms with Gasteiger partial charge in [-0.25, -0.2) is 4.98 Å². The topological polar surface area (TPSA) is 145 Å². The van der Waals surface area contributed by atoms with Crippen molar-refractivity contribution >= 4 is 28.6 Å². The molecule has 0 aromatic carbocycles. The molecule has 0 bridgehead atoms. The number of aromatic nitrogens is 5. The largest absolute Gasteiger partial charge is 0.454 e. The van der Waals surface area contributed by atoms with Gasteiger partial charge in [-0.1, -0.05) is 11.6 Å². The molecule has 12 heteroatoms. The Morgan fingerprint density at radius 1 is 1.47 bits per heavy atom. The number of pyridine rings is 1. The SMILES string of the molecule is CCn1ccc(CNc2nc3nc(O[C@@H]4CO[C@@H]5[C@H](O)CO[C@@]54N)[nH]c3cc2Cl)n1. The van der Waals surface area contributed by atoms with Gasteiger partial charge in [0, 0.05) is 12.7 Å². The lowest BCUT2D eigenvalue weighted by molar-refractivity contribution is -0.0647. The fraction of sp³-hybridized carbons (Fsp3) is 0.500. The number of hydrogen-bond acceptors (Lipinski definition) is 9. The third kappa shape index (κ3) is 3.28. The van der Waals surface area contributed by atoms with Crippen molar-refractivity contribution in [3.8, 4) is 6.01 Å². The molecule has 4 atom stereocenters. The third-order valence-corrected chi connectivity index (χ3v) is 5.63. The van der Waals surface area contributed by atoms with Crippen LogP contribution in [0.25, 0.3) is 11.2 Å². The maximum Gasteiger partial charge on any atom is 0.296 e. The Hall–Kier alpha value is -2.44. The zero-order valence-electron chi connectivity index (χ0n) is 16.2. The minimum Gasteiger partial charge on any atom is -0.454 e. The third-order valence-electron chi connectivity index (χ3n) is 5.34. The summed E-state index contributed by atoms with van der Waals surface area (Å²) in [5, 5.41) is 18.0. The van der Waals surface area contributed by atoms with Crippen LogP contribution < -0.4 is 15.8 Å². The average Bonchev–Trinajstić information content (AvgIpc) is 3.47. The molecule has 2 saturated heterocycles. The number of anilines is 1. The lowest BCUT2D eigenvalue weighted by Gasteiger charge is -2.27. The number of imidazole rings is 1. The van der Waals surface area contributed by atoms with Gasteiger partial charge in [0.25, 0.3) is 6.01 Å². The Kier molecular flexibility index (Phi) is 4.79. The number of nitrogens with two attached hydrogens (primary N) is 1. The van der Waals surface area contributed by atoms with E-state index in [0.29, 0.717) is 28.5 Å². The first-order valence-electron chi connectivity index (χ1n) is 9.68. The predicted molar refractivity (Wildman–Crippen MR) is 107 cm³/mol. The van der Waals surface area contributed by atoms with Crippen molar-refractivity contribution in [1.29, 1.82) is 0 Å². The highest BCUT2D eigenvalue weighted by atomic mass is 35.5. The van der Waals surface area contributed by atoms with Gasteiger partial charge in [-0.2, -0.15) is 10.1 Å². The van der Waals surface area contributed by atoms with Crippen molar-refractivity contribution in [3.05, 3.63) is 29.0 Å². The average molecular weight is 436 g/mol. The van der Waals surface area contributed by atoms with Crippen molar-refractivity contribution in [3.63, 3.8) is 0 Å². The Labute approximate surface area is 176 Å². The summed E-state index contributed by atoms with van der Waals surface area (Å²) in [7, 11) is 0. The molecule has 0 radical (unpaired) electrons. The lowest BCUT2D eigenvalue weighted by atomic mass is 10.0. The van der Waals surface area contributed by atoms with Crippen LogP contribution in [0.4, 0.5) is 5.82 Å². The number of halogens is 1. The van der Waals surface area contributed by atoms with Gasteiger partial charge in [0.15, 0.2) is 17.5 Å². The van der Waals surface area contributed by atoms with Crippen LogP contribution in [0.3, 0.4) is 0 Å². The maximum atomic E-state index is 9.93. The molecule has 0 spiro atoms. The van der Waals surface area contributed by atoms with Gasteiger partial charge >= 0.3 is 0 Å². The van der Waals surface area contributed by atoms with E-state index in [1.54, 1.807) is 6.07 Å². The predicted octanol–water partition coefficient (Wildman–Crippen LogP) is 0.632. The van der Waals surface area contributed by atoms with Crippen molar-refractivity contribution < 1.29 is 19.3 Å². The van der Waals surface area contributed by atoms with Crippen LogP contribution >= 0.6 is 11.6 Å². The molecule has 0 amide bonds. The van der Waals surface area contributed by atoms with Crippen molar-refractivity contribution in [2.45, 2.75) is 44.1 Å². The van der Waals surface area contributed by atoms with Crippen molar-refractivity contribution in [1.82, 2.24) is 24.7 Å². The zero-order chi connectivity index (χ0) is 20.9. The molecular formula is C18H22ClN7O4. The molecule has 2 fully saturated rings. The van der Waals surface area contributed by atoms with Gasteiger partial charge in [-0.15, -0.1) is 0 Å². The number of aryl methyl sites for hydroxylation is 1. The Morgan fingerprint density at radius 2 is 2.33 bits per heavy atom. The molecule has 160 valence electrons. The number of aromatic amines is 1. The number of ether oxygens (including phenoxy) is 3. The zero-order valence-corrected chi connectivity index (χ0v) is 17.0. The second kappa shape index (κ2) is 7.36. The Balaban J connectivity index is 1.32. The summed E-state index contributed by atoms with van der Waals surface area (Å²) >= 11 is 6.37. The molecule has 0 aliphatic carbocycles. The van der Waals surface area contributed by atoms with Gasteiger partial charge in [-0.3, -0.25) is 10.4 Å². The number of rotatable bonds is 6. The number of aliphatic hydroxyl groups excluding tert-OH is 1. The molecule has 3 aromatic heterocycles. The van der Waals surface area contributed by atoms with E-state index in [1.807, 2.05) is 23.9 Å². The number of aliphatic hydroxyl groups is 1. The number of nitrogens with one attached hydrogen (secondary N) is 2. The Bertz CT molecular complexity index is 1070. The van der Waals surface area contributed by atoms with Crippen molar-refractivity contribution in [2.75, 3.05) is 18.5 Å². The molecular weight excluding hydrogens is 414 g/mol. The molecule has 11 nitrogen and oxygen atoms in total. The van der Waals surface area contributed by atoms with Crippen LogP contribution in [0.15, 0.2) is 18.3 Å². The second-order valence-corrected chi connectivity index (χ2v) is 7.75. The standard InChI is InChI=1S/C18H22ClN7O4/c1-2-26-4-3-9(25-26)6-21-15-10(19)5-11-16(23-15)24-17(22-11)30-13-8-28-14-12(27)7-29-18(13,14)20/h3-5,12-14,27H,2,6-8,20H2,1H3,(H2,21,22,23,24)/t12-,13-,14-,18-/m1/s1. The van der Waals surface area contributed by atoms with E-state index in [-0.39, 0.29) is 19.2 Å². The van der Waals surface area contributed by atoms with E-state index in [0.717, 1.165) is 12.2 Å². The quantitative estimate of drug-likeness (QED) is 0.438. The maximum absolute atomic E-state index is 9.93. The minimum absolute atomic E-state index is 0.101.